The first-order valence-corrected chi connectivity index (χ1v) is 4.64. The number of hydrogen-bond donors (Lipinski definition) is 1. The number of rotatable bonds is 0. The van der Waals surface area contributed by atoms with Crippen LogP contribution in [0.4, 0.5) is 4.39 Å². The van der Waals surface area contributed by atoms with E-state index < -0.39 is 0 Å². The topological polar surface area (TPSA) is 0 Å². The molecule has 0 bridgehead atoms. The van der Waals surface area contributed by atoms with Crippen LogP contribution in [0.3, 0.4) is 0 Å². The van der Waals surface area contributed by atoms with Crippen LogP contribution in [-0.4, -0.2) is 0 Å². The molecule has 2 heteroatoms. The Kier molecular flexibility index (Phi) is 2.67. The number of halogens is 1. The Morgan fingerprint density at radius 3 is 2.33 bits per heavy atom. The maximum Gasteiger partial charge on any atom is 0.123 e. The molecular formula is C10H15FS. The van der Waals surface area contributed by atoms with Gasteiger partial charge in [-0.15, -0.1) is 12.6 Å². The van der Waals surface area contributed by atoms with Gasteiger partial charge in [-0.1, -0.05) is 20.8 Å². The van der Waals surface area contributed by atoms with E-state index in [4.69, 9.17) is 0 Å². The van der Waals surface area contributed by atoms with Gasteiger partial charge >= 0.3 is 0 Å². The number of hydrogen-bond acceptors (Lipinski definition) is 1. The van der Waals surface area contributed by atoms with E-state index in [2.05, 4.69) is 12.6 Å². The zero-order valence-electron chi connectivity index (χ0n) is 7.82. The van der Waals surface area contributed by atoms with Gasteiger partial charge in [-0.3, -0.25) is 0 Å². The molecule has 0 aromatic rings. The lowest BCUT2D eigenvalue weighted by molar-refractivity contribution is 0.452. The summed E-state index contributed by atoms with van der Waals surface area (Å²) in [4.78, 5) is 0.848. The lowest BCUT2D eigenvalue weighted by Gasteiger charge is -2.25. The molecule has 0 aromatic carbocycles. The van der Waals surface area contributed by atoms with Gasteiger partial charge < -0.3 is 0 Å². The molecule has 0 unspecified atom stereocenters. The molecule has 0 atom stereocenters. The van der Waals surface area contributed by atoms with Crippen molar-refractivity contribution in [2.45, 2.75) is 33.6 Å². The quantitative estimate of drug-likeness (QED) is 0.546. The summed E-state index contributed by atoms with van der Waals surface area (Å²) >= 11 is 4.14. The molecular weight excluding hydrogens is 171 g/mol. The van der Waals surface area contributed by atoms with Crippen LogP contribution in [0.25, 0.3) is 0 Å². The van der Waals surface area contributed by atoms with Crippen molar-refractivity contribution in [1.82, 2.24) is 0 Å². The van der Waals surface area contributed by atoms with E-state index in [1.54, 1.807) is 0 Å². The maximum absolute atomic E-state index is 13.3. The molecule has 12 heavy (non-hydrogen) atoms. The third-order valence-electron chi connectivity index (χ3n) is 2.12. The minimum Gasteiger partial charge on any atom is -0.207 e. The summed E-state index contributed by atoms with van der Waals surface area (Å²) in [6.07, 6.45) is 3.22. The lowest BCUT2D eigenvalue weighted by atomic mass is 9.81. The van der Waals surface area contributed by atoms with Crippen LogP contribution in [-0.2, 0) is 0 Å². The molecule has 0 saturated heterocycles. The van der Waals surface area contributed by atoms with Gasteiger partial charge in [0.1, 0.15) is 5.83 Å². The van der Waals surface area contributed by atoms with E-state index in [1.807, 2.05) is 20.8 Å². The van der Waals surface area contributed by atoms with Gasteiger partial charge in [-0.25, -0.2) is 4.39 Å². The summed E-state index contributed by atoms with van der Waals surface area (Å²) in [5.41, 5.74) is 0.870. The van der Waals surface area contributed by atoms with E-state index >= 15 is 0 Å². The van der Waals surface area contributed by atoms with Gasteiger partial charge in [0.05, 0.1) is 0 Å². The van der Waals surface area contributed by atoms with Crippen molar-refractivity contribution >= 4 is 12.6 Å². The highest BCUT2D eigenvalue weighted by atomic mass is 32.1. The van der Waals surface area contributed by atoms with Crippen molar-refractivity contribution in [3.05, 3.63) is 22.4 Å². The monoisotopic (exact) mass is 186 g/mol. The van der Waals surface area contributed by atoms with Crippen molar-refractivity contribution in [3.8, 4) is 0 Å². The lowest BCUT2D eigenvalue weighted by Crippen LogP contribution is -2.12. The first-order valence-electron chi connectivity index (χ1n) is 4.20. The molecule has 0 N–H and O–H groups in total. The van der Waals surface area contributed by atoms with Crippen LogP contribution >= 0.6 is 12.6 Å². The van der Waals surface area contributed by atoms with Crippen molar-refractivity contribution in [1.29, 1.82) is 0 Å². The van der Waals surface area contributed by atoms with Gasteiger partial charge in [0, 0.05) is 0 Å². The van der Waals surface area contributed by atoms with Gasteiger partial charge in [0.2, 0.25) is 0 Å². The predicted octanol–water partition coefficient (Wildman–Crippen LogP) is 3.86. The smallest absolute Gasteiger partial charge is 0.123 e. The molecule has 0 amide bonds. The Morgan fingerprint density at radius 2 is 1.92 bits per heavy atom. The zero-order valence-corrected chi connectivity index (χ0v) is 8.71. The summed E-state index contributed by atoms with van der Waals surface area (Å²) < 4.78 is 13.3. The highest BCUT2D eigenvalue weighted by Gasteiger charge is 2.23. The summed E-state index contributed by atoms with van der Waals surface area (Å²) in [5.74, 6) is -0.0845. The summed E-state index contributed by atoms with van der Waals surface area (Å²) in [6, 6.07) is 0. The molecule has 0 heterocycles. The second-order valence-corrected chi connectivity index (χ2v) is 4.79. The van der Waals surface area contributed by atoms with Crippen LogP contribution < -0.4 is 0 Å². The number of thiol groups is 1. The van der Waals surface area contributed by atoms with Crippen LogP contribution in [0, 0.1) is 5.41 Å². The second-order valence-electron chi connectivity index (χ2n) is 4.21. The Labute approximate surface area is 79.0 Å². The molecule has 0 nitrogen and oxygen atoms in total. The summed E-state index contributed by atoms with van der Waals surface area (Å²) in [6.45, 7) is 6.12. The average molecular weight is 186 g/mol. The van der Waals surface area contributed by atoms with Crippen LogP contribution in [0.5, 0.6) is 0 Å². The van der Waals surface area contributed by atoms with Crippen LogP contribution in [0.2, 0.25) is 0 Å². The SMILES string of the molecule is CC(C)(C)C1=C(F)C=C(S)CC1. The molecule has 0 aromatic heterocycles. The van der Waals surface area contributed by atoms with E-state index in [9.17, 15) is 4.39 Å². The van der Waals surface area contributed by atoms with E-state index in [-0.39, 0.29) is 11.2 Å². The highest BCUT2D eigenvalue weighted by Crippen LogP contribution is 2.37. The fraction of sp³-hybridized carbons (Fsp3) is 0.600. The van der Waals surface area contributed by atoms with Crippen LogP contribution in [0.1, 0.15) is 33.6 Å². The van der Waals surface area contributed by atoms with Crippen molar-refractivity contribution in [2.75, 3.05) is 0 Å². The molecule has 1 aliphatic carbocycles. The average Bonchev–Trinajstić information content (AvgIpc) is 1.83. The number of allylic oxidation sites excluding steroid dienone is 4. The predicted molar refractivity (Wildman–Crippen MR) is 53.9 cm³/mol. The van der Waals surface area contributed by atoms with Crippen molar-refractivity contribution in [3.63, 3.8) is 0 Å². The molecule has 0 fully saturated rings. The van der Waals surface area contributed by atoms with Gasteiger partial charge in [-0.2, -0.15) is 0 Å². The Bertz CT molecular complexity index is 243. The second kappa shape index (κ2) is 3.25. The fourth-order valence-electron chi connectivity index (χ4n) is 1.41. The minimum atomic E-state index is -0.0845. The van der Waals surface area contributed by atoms with Gasteiger partial charge in [-0.05, 0) is 34.8 Å². The third kappa shape index (κ3) is 2.13. The van der Waals surface area contributed by atoms with E-state index in [0.29, 0.717) is 0 Å². The van der Waals surface area contributed by atoms with Gasteiger partial charge in [0.15, 0.2) is 0 Å². The van der Waals surface area contributed by atoms with Crippen LogP contribution in [0.15, 0.2) is 22.4 Å². The first-order chi connectivity index (χ1) is 5.41. The Morgan fingerprint density at radius 1 is 1.33 bits per heavy atom. The molecule has 1 aliphatic rings. The molecule has 0 saturated carbocycles. The van der Waals surface area contributed by atoms with Gasteiger partial charge in [0.25, 0.3) is 0 Å². The Hall–Kier alpha value is -0.240. The zero-order chi connectivity index (χ0) is 9.35. The van der Waals surface area contributed by atoms with Crippen molar-refractivity contribution < 1.29 is 4.39 Å². The molecule has 0 spiro atoms. The molecule has 0 radical (unpaired) electrons. The molecule has 0 aliphatic heterocycles. The highest BCUT2D eigenvalue weighted by molar-refractivity contribution is 7.84. The fourth-order valence-corrected chi connectivity index (χ4v) is 1.64. The molecule has 68 valence electrons. The third-order valence-corrected chi connectivity index (χ3v) is 2.47. The van der Waals surface area contributed by atoms with Crippen molar-refractivity contribution in [2.24, 2.45) is 5.41 Å². The summed E-state index contributed by atoms with van der Waals surface area (Å²) in [5, 5.41) is 0. The largest absolute Gasteiger partial charge is 0.207 e. The summed E-state index contributed by atoms with van der Waals surface area (Å²) in [7, 11) is 0. The maximum atomic E-state index is 13.3. The normalized spacial score (nSPS) is 19.6. The molecule has 1 rings (SSSR count). The first kappa shape index (κ1) is 9.85. The standard InChI is InChI=1S/C10H15FS/c1-10(2,3)8-5-4-7(12)6-9(8)11/h6,12H,4-5H2,1-3H3. The minimum absolute atomic E-state index is 0.0466. The van der Waals surface area contributed by atoms with E-state index in [0.717, 1.165) is 23.3 Å². The van der Waals surface area contributed by atoms with E-state index in [1.165, 1.54) is 6.08 Å². The Balaban J connectivity index is 2.98.